The van der Waals surface area contributed by atoms with Crippen LogP contribution in [0.2, 0.25) is 0 Å². The lowest BCUT2D eigenvalue weighted by molar-refractivity contribution is -0.153. The molecule has 1 aliphatic heterocycles. The Bertz CT molecular complexity index is 195. The Morgan fingerprint density at radius 2 is 2.31 bits per heavy atom. The highest BCUT2D eigenvalue weighted by Crippen LogP contribution is 2.11. The number of carbonyl (C=O) groups excluding carboxylic acids is 1. The van der Waals surface area contributed by atoms with Crippen molar-refractivity contribution >= 4 is 11.9 Å². The van der Waals surface area contributed by atoms with E-state index in [0.717, 1.165) is 12.8 Å². The van der Waals surface area contributed by atoms with Crippen LogP contribution in [-0.2, 0) is 19.1 Å². The summed E-state index contributed by atoms with van der Waals surface area (Å²) in [5.74, 6) is -1.87. The van der Waals surface area contributed by atoms with E-state index in [2.05, 4.69) is 0 Å². The summed E-state index contributed by atoms with van der Waals surface area (Å²) < 4.78 is 9.88. The van der Waals surface area contributed by atoms with E-state index in [1.54, 1.807) is 0 Å². The predicted molar refractivity (Wildman–Crippen MR) is 42.2 cm³/mol. The fraction of sp³-hybridized carbons (Fsp3) is 0.750. The number of ether oxygens (including phenoxy) is 2. The molecule has 13 heavy (non-hydrogen) atoms. The van der Waals surface area contributed by atoms with Crippen molar-refractivity contribution in [3.63, 3.8) is 0 Å². The summed E-state index contributed by atoms with van der Waals surface area (Å²) in [7, 11) is 0. The van der Waals surface area contributed by atoms with Crippen molar-refractivity contribution in [3.05, 3.63) is 0 Å². The van der Waals surface area contributed by atoms with Gasteiger partial charge in [0, 0.05) is 6.61 Å². The molecule has 1 fully saturated rings. The summed E-state index contributed by atoms with van der Waals surface area (Å²) in [4.78, 5) is 20.8. The molecule has 0 amide bonds. The maximum absolute atomic E-state index is 10.8. The Hall–Kier alpha value is -1.10. The Labute approximate surface area is 75.6 Å². The van der Waals surface area contributed by atoms with Crippen LogP contribution in [0.4, 0.5) is 0 Å². The maximum Gasteiger partial charge on any atom is 0.317 e. The minimum Gasteiger partial charge on any atom is -0.481 e. The molecule has 5 nitrogen and oxygen atoms in total. The van der Waals surface area contributed by atoms with E-state index >= 15 is 0 Å². The Morgan fingerprint density at radius 3 is 2.85 bits per heavy atom. The molecule has 0 aromatic rings. The second-order valence-electron chi connectivity index (χ2n) is 2.89. The predicted octanol–water partition coefficient (Wildman–Crippen LogP) is 0.183. The maximum atomic E-state index is 10.8. The molecule has 1 unspecified atom stereocenters. The van der Waals surface area contributed by atoms with Gasteiger partial charge in [-0.25, -0.2) is 0 Å². The first-order valence-corrected chi connectivity index (χ1v) is 4.17. The lowest BCUT2D eigenvalue weighted by Gasteiger charge is -2.08. The summed E-state index contributed by atoms with van der Waals surface area (Å²) in [5, 5.41) is 8.24. The molecule has 1 N–H and O–H groups in total. The molecule has 0 radical (unpaired) electrons. The van der Waals surface area contributed by atoms with Crippen LogP contribution in [0.5, 0.6) is 0 Å². The Kier molecular flexibility index (Phi) is 3.70. The number of aliphatic carboxylic acids is 1. The zero-order valence-corrected chi connectivity index (χ0v) is 7.19. The summed E-state index contributed by atoms with van der Waals surface area (Å²) in [5.41, 5.74) is 0. The van der Waals surface area contributed by atoms with Crippen LogP contribution in [0.1, 0.15) is 19.3 Å². The summed E-state index contributed by atoms with van der Waals surface area (Å²) in [6.45, 7) is 0.868. The first-order valence-electron chi connectivity index (χ1n) is 4.17. The number of carboxylic acid groups (broad SMARTS) is 1. The molecule has 5 heteroatoms. The second-order valence-corrected chi connectivity index (χ2v) is 2.89. The van der Waals surface area contributed by atoms with Gasteiger partial charge in [0.2, 0.25) is 0 Å². The van der Waals surface area contributed by atoms with Crippen LogP contribution < -0.4 is 0 Å². The van der Waals surface area contributed by atoms with Gasteiger partial charge in [-0.15, -0.1) is 0 Å². The molecule has 0 aromatic heterocycles. The first kappa shape index (κ1) is 9.98. The fourth-order valence-electron chi connectivity index (χ4n) is 1.14. The highest BCUT2D eigenvalue weighted by molar-refractivity contribution is 5.90. The van der Waals surface area contributed by atoms with Crippen molar-refractivity contribution in [2.24, 2.45) is 0 Å². The molecule has 0 saturated carbocycles. The van der Waals surface area contributed by atoms with Crippen molar-refractivity contribution in [2.45, 2.75) is 25.4 Å². The molecular formula is C8H12O5. The summed E-state index contributed by atoms with van der Waals surface area (Å²) in [6.07, 6.45) is 1.23. The number of carboxylic acids is 1. The molecule has 0 aliphatic carbocycles. The molecule has 1 rings (SSSR count). The van der Waals surface area contributed by atoms with Gasteiger partial charge in [0.15, 0.2) is 0 Å². The molecule has 1 atom stereocenters. The molecule has 74 valence electrons. The van der Waals surface area contributed by atoms with Gasteiger partial charge in [-0.2, -0.15) is 0 Å². The van der Waals surface area contributed by atoms with E-state index in [-0.39, 0.29) is 12.7 Å². The number of esters is 1. The Morgan fingerprint density at radius 1 is 1.54 bits per heavy atom. The zero-order chi connectivity index (χ0) is 9.68. The third kappa shape index (κ3) is 3.89. The highest BCUT2D eigenvalue weighted by atomic mass is 16.6. The van der Waals surface area contributed by atoms with Crippen molar-refractivity contribution in [2.75, 3.05) is 13.2 Å². The van der Waals surface area contributed by atoms with Gasteiger partial charge in [0.05, 0.1) is 6.10 Å². The summed E-state index contributed by atoms with van der Waals surface area (Å²) in [6, 6.07) is 0. The SMILES string of the molecule is O=C(O)CC(=O)OCC1CCCO1. The van der Waals surface area contributed by atoms with Crippen molar-refractivity contribution in [1.82, 2.24) is 0 Å². The van der Waals surface area contributed by atoms with E-state index in [0.29, 0.717) is 6.61 Å². The molecule has 1 aliphatic rings. The van der Waals surface area contributed by atoms with Gasteiger partial charge >= 0.3 is 11.9 Å². The highest BCUT2D eigenvalue weighted by Gasteiger charge is 2.18. The van der Waals surface area contributed by atoms with E-state index < -0.39 is 18.4 Å². The van der Waals surface area contributed by atoms with Crippen LogP contribution in [0.25, 0.3) is 0 Å². The van der Waals surface area contributed by atoms with Crippen LogP contribution in [-0.4, -0.2) is 36.4 Å². The van der Waals surface area contributed by atoms with E-state index in [1.807, 2.05) is 0 Å². The average molecular weight is 188 g/mol. The first-order chi connectivity index (χ1) is 6.18. The molecule has 0 bridgehead atoms. The molecule has 1 saturated heterocycles. The standard InChI is InChI=1S/C8H12O5/c9-7(10)4-8(11)13-5-6-2-1-3-12-6/h6H,1-5H2,(H,9,10). The van der Waals surface area contributed by atoms with E-state index in [4.69, 9.17) is 14.6 Å². The van der Waals surface area contributed by atoms with Gasteiger partial charge in [0.1, 0.15) is 13.0 Å². The number of hydrogen-bond donors (Lipinski definition) is 1. The zero-order valence-electron chi connectivity index (χ0n) is 7.19. The third-order valence-electron chi connectivity index (χ3n) is 1.75. The third-order valence-corrected chi connectivity index (χ3v) is 1.75. The largest absolute Gasteiger partial charge is 0.481 e. The number of rotatable bonds is 4. The van der Waals surface area contributed by atoms with Crippen LogP contribution in [0.15, 0.2) is 0 Å². The van der Waals surface area contributed by atoms with Crippen LogP contribution >= 0.6 is 0 Å². The van der Waals surface area contributed by atoms with E-state index in [9.17, 15) is 9.59 Å². The number of hydrogen-bond acceptors (Lipinski definition) is 4. The topological polar surface area (TPSA) is 72.8 Å². The quantitative estimate of drug-likeness (QED) is 0.503. The minimum absolute atomic E-state index is 0.0438. The van der Waals surface area contributed by atoms with Gasteiger partial charge < -0.3 is 14.6 Å². The van der Waals surface area contributed by atoms with Gasteiger partial charge in [0.25, 0.3) is 0 Å². The lowest BCUT2D eigenvalue weighted by atomic mass is 10.2. The molecule has 0 spiro atoms. The molecule has 1 heterocycles. The van der Waals surface area contributed by atoms with Gasteiger partial charge in [-0.05, 0) is 12.8 Å². The van der Waals surface area contributed by atoms with Crippen molar-refractivity contribution in [3.8, 4) is 0 Å². The minimum atomic E-state index is -1.17. The molecular weight excluding hydrogens is 176 g/mol. The van der Waals surface area contributed by atoms with Gasteiger partial charge in [-0.3, -0.25) is 9.59 Å². The smallest absolute Gasteiger partial charge is 0.317 e. The second kappa shape index (κ2) is 4.81. The van der Waals surface area contributed by atoms with E-state index in [1.165, 1.54) is 0 Å². The van der Waals surface area contributed by atoms with Crippen LogP contribution in [0.3, 0.4) is 0 Å². The monoisotopic (exact) mass is 188 g/mol. The normalized spacial score (nSPS) is 21.4. The molecule has 0 aromatic carbocycles. The van der Waals surface area contributed by atoms with Crippen molar-refractivity contribution < 1.29 is 24.2 Å². The average Bonchev–Trinajstić information content (AvgIpc) is 2.51. The fourth-order valence-corrected chi connectivity index (χ4v) is 1.14. The van der Waals surface area contributed by atoms with Gasteiger partial charge in [-0.1, -0.05) is 0 Å². The Balaban J connectivity index is 2.10. The lowest BCUT2D eigenvalue weighted by Crippen LogP contribution is -2.19. The van der Waals surface area contributed by atoms with Crippen LogP contribution in [0, 0.1) is 0 Å². The number of carbonyl (C=O) groups is 2. The van der Waals surface area contributed by atoms with Crippen molar-refractivity contribution in [1.29, 1.82) is 0 Å². The summed E-state index contributed by atoms with van der Waals surface area (Å²) >= 11 is 0.